The Labute approximate surface area is 152 Å². The molecule has 2 N–H and O–H groups in total. The Morgan fingerprint density at radius 2 is 1.81 bits per heavy atom. The van der Waals surface area contributed by atoms with Gasteiger partial charge >= 0.3 is 12.1 Å². The van der Waals surface area contributed by atoms with Gasteiger partial charge in [0.15, 0.2) is 11.5 Å². The van der Waals surface area contributed by atoms with Gasteiger partial charge in [-0.25, -0.2) is 20.4 Å². The lowest BCUT2D eigenvalue weighted by molar-refractivity contribution is 0.00626. The molecule has 0 radical (unpaired) electrons. The number of rotatable bonds is 4. The van der Waals surface area contributed by atoms with Crippen LogP contribution in [0.1, 0.15) is 42.4 Å². The van der Waals surface area contributed by atoms with E-state index in [0.717, 1.165) is 10.6 Å². The molecule has 1 aromatic heterocycles. The third-order valence-electron chi connectivity index (χ3n) is 3.21. The molecule has 0 saturated carbocycles. The molecular formula is C19H23N3O4. The van der Waals surface area contributed by atoms with Crippen molar-refractivity contribution < 1.29 is 19.1 Å². The zero-order valence-electron chi connectivity index (χ0n) is 15.4. The van der Waals surface area contributed by atoms with Crippen LogP contribution in [-0.4, -0.2) is 22.6 Å². The van der Waals surface area contributed by atoms with Gasteiger partial charge in [-0.05, 0) is 51.0 Å². The number of esters is 1. The average molecular weight is 357 g/mol. The maximum absolute atomic E-state index is 12.2. The van der Waals surface area contributed by atoms with Crippen LogP contribution in [0.15, 0.2) is 42.5 Å². The molecule has 138 valence electrons. The normalized spacial score (nSPS) is 11.0. The highest BCUT2D eigenvalue weighted by atomic mass is 16.6. The van der Waals surface area contributed by atoms with Crippen LogP contribution in [0.2, 0.25) is 0 Å². The maximum Gasteiger partial charge on any atom is 0.430 e. The van der Waals surface area contributed by atoms with Gasteiger partial charge in [0, 0.05) is 0 Å². The lowest BCUT2D eigenvalue weighted by atomic mass is 10.2. The number of anilines is 1. The fourth-order valence-corrected chi connectivity index (χ4v) is 2.09. The molecule has 0 unspecified atom stereocenters. The number of ether oxygens (including phenoxy) is 2. The number of amides is 1. The number of carbonyl (C=O) groups excluding carboxylic acids is 2. The predicted molar refractivity (Wildman–Crippen MR) is 97.4 cm³/mol. The van der Waals surface area contributed by atoms with E-state index in [1.54, 1.807) is 39.8 Å². The fourth-order valence-electron chi connectivity index (χ4n) is 2.09. The van der Waals surface area contributed by atoms with Gasteiger partial charge < -0.3 is 9.47 Å². The van der Waals surface area contributed by atoms with Crippen LogP contribution < -0.4 is 10.9 Å². The topological polar surface area (TPSA) is 94.8 Å². The molecule has 0 atom stereocenters. The van der Waals surface area contributed by atoms with E-state index in [4.69, 9.17) is 15.3 Å². The van der Waals surface area contributed by atoms with Crippen molar-refractivity contribution in [3.63, 3.8) is 0 Å². The predicted octanol–water partition coefficient (Wildman–Crippen LogP) is 3.36. The van der Waals surface area contributed by atoms with Gasteiger partial charge in [0.05, 0.1) is 0 Å². The van der Waals surface area contributed by atoms with Crippen molar-refractivity contribution in [2.75, 3.05) is 5.01 Å². The highest BCUT2D eigenvalue weighted by molar-refractivity contribution is 5.90. The Kier molecular flexibility index (Phi) is 5.94. The lowest BCUT2D eigenvalue weighted by Crippen LogP contribution is -2.39. The fraction of sp³-hybridized carbons (Fsp3) is 0.316. The van der Waals surface area contributed by atoms with Gasteiger partial charge in [-0.2, -0.15) is 5.01 Å². The highest BCUT2D eigenvalue weighted by Gasteiger charge is 2.22. The smallest absolute Gasteiger partial charge is 0.430 e. The minimum atomic E-state index is -0.776. The first-order chi connectivity index (χ1) is 12.2. The Morgan fingerprint density at radius 3 is 2.42 bits per heavy atom. The van der Waals surface area contributed by atoms with E-state index in [9.17, 15) is 9.59 Å². The molecule has 0 fully saturated rings. The summed E-state index contributed by atoms with van der Waals surface area (Å²) in [5, 5.41) is 0.768. The van der Waals surface area contributed by atoms with Crippen LogP contribution >= 0.6 is 0 Å². The van der Waals surface area contributed by atoms with E-state index in [-0.39, 0.29) is 18.1 Å². The summed E-state index contributed by atoms with van der Waals surface area (Å²) in [6.45, 7) is 7.13. The molecule has 0 saturated heterocycles. The average Bonchev–Trinajstić information content (AvgIpc) is 2.58. The van der Waals surface area contributed by atoms with Crippen LogP contribution in [0.4, 0.5) is 10.6 Å². The quantitative estimate of drug-likeness (QED) is 0.390. The van der Waals surface area contributed by atoms with E-state index >= 15 is 0 Å². The lowest BCUT2D eigenvalue weighted by Gasteiger charge is -2.20. The SMILES string of the molecule is Cc1cc(C(=O)OC(C)(C)C)nc(N(N)C(=O)OCc2ccccc2)c1. The third kappa shape index (κ3) is 5.56. The summed E-state index contributed by atoms with van der Waals surface area (Å²) in [5.41, 5.74) is 0.962. The Bertz CT molecular complexity index is 785. The van der Waals surface area contributed by atoms with Gasteiger partial charge in [-0.1, -0.05) is 30.3 Å². The molecule has 2 rings (SSSR count). The zero-order valence-corrected chi connectivity index (χ0v) is 15.4. The largest absolute Gasteiger partial charge is 0.455 e. The van der Waals surface area contributed by atoms with E-state index < -0.39 is 17.7 Å². The summed E-state index contributed by atoms with van der Waals surface area (Å²) in [6, 6.07) is 12.4. The van der Waals surface area contributed by atoms with Crippen molar-refractivity contribution in [2.45, 2.75) is 39.9 Å². The molecule has 7 heteroatoms. The van der Waals surface area contributed by atoms with E-state index in [0.29, 0.717) is 5.56 Å². The molecule has 1 amide bonds. The van der Waals surface area contributed by atoms with Crippen LogP contribution in [0, 0.1) is 6.92 Å². The molecule has 2 aromatic rings. The van der Waals surface area contributed by atoms with Crippen molar-refractivity contribution in [2.24, 2.45) is 5.84 Å². The summed E-state index contributed by atoms with van der Waals surface area (Å²) in [4.78, 5) is 28.5. The minimum absolute atomic E-state index is 0.0706. The maximum atomic E-state index is 12.2. The third-order valence-corrected chi connectivity index (χ3v) is 3.21. The number of hydrazine groups is 1. The van der Waals surface area contributed by atoms with Crippen LogP contribution in [0.5, 0.6) is 0 Å². The van der Waals surface area contributed by atoms with Gasteiger partial charge in [0.25, 0.3) is 0 Å². The molecule has 1 heterocycles. The van der Waals surface area contributed by atoms with Crippen molar-refractivity contribution in [1.82, 2.24) is 4.98 Å². The van der Waals surface area contributed by atoms with Gasteiger partial charge in [-0.15, -0.1) is 0 Å². The monoisotopic (exact) mass is 357 g/mol. The Morgan fingerprint density at radius 1 is 1.15 bits per heavy atom. The minimum Gasteiger partial charge on any atom is -0.455 e. The van der Waals surface area contributed by atoms with Gasteiger partial charge in [-0.3, -0.25) is 0 Å². The van der Waals surface area contributed by atoms with E-state index in [2.05, 4.69) is 4.98 Å². The van der Waals surface area contributed by atoms with E-state index in [1.807, 2.05) is 30.3 Å². The second kappa shape index (κ2) is 7.97. The molecule has 7 nitrogen and oxygen atoms in total. The van der Waals surface area contributed by atoms with Gasteiger partial charge in [0.1, 0.15) is 12.2 Å². The Balaban J connectivity index is 2.11. The summed E-state index contributed by atoms with van der Waals surface area (Å²) < 4.78 is 10.5. The first-order valence-corrected chi connectivity index (χ1v) is 8.13. The van der Waals surface area contributed by atoms with Crippen LogP contribution in [0.25, 0.3) is 0 Å². The summed E-state index contributed by atoms with van der Waals surface area (Å²) in [5.74, 6) is 5.32. The highest BCUT2D eigenvalue weighted by Crippen LogP contribution is 2.17. The number of hydrogen-bond acceptors (Lipinski definition) is 6. The van der Waals surface area contributed by atoms with Crippen molar-refractivity contribution in [1.29, 1.82) is 0 Å². The van der Waals surface area contributed by atoms with Crippen LogP contribution in [0.3, 0.4) is 0 Å². The summed E-state index contributed by atoms with van der Waals surface area (Å²) >= 11 is 0. The number of benzene rings is 1. The molecule has 0 aliphatic rings. The molecule has 26 heavy (non-hydrogen) atoms. The second-order valence-electron chi connectivity index (χ2n) is 6.80. The molecular weight excluding hydrogens is 334 g/mol. The number of nitrogens with two attached hydrogens (primary N) is 1. The zero-order chi connectivity index (χ0) is 19.3. The summed E-state index contributed by atoms with van der Waals surface area (Å²) in [7, 11) is 0. The number of pyridine rings is 1. The van der Waals surface area contributed by atoms with Crippen molar-refractivity contribution in [3.05, 3.63) is 59.3 Å². The molecule has 1 aromatic carbocycles. The second-order valence-corrected chi connectivity index (χ2v) is 6.80. The molecule has 0 aliphatic carbocycles. The number of carbonyl (C=O) groups is 2. The van der Waals surface area contributed by atoms with Gasteiger partial charge in [0.2, 0.25) is 0 Å². The van der Waals surface area contributed by atoms with Crippen molar-refractivity contribution >= 4 is 17.9 Å². The van der Waals surface area contributed by atoms with Crippen LogP contribution in [-0.2, 0) is 16.1 Å². The molecule has 0 aliphatic heterocycles. The van der Waals surface area contributed by atoms with Crippen molar-refractivity contribution in [3.8, 4) is 0 Å². The first kappa shape index (κ1) is 19.4. The molecule has 0 spiro atoms. The number of nitrogens with zero attached hydrogens (tertiary/aromatic N) is 2. The number of hydrogen-bond donors (Lipinski definition) is 1. The Hall–Kier alpha value is -2.93. The number of aryl methyl sites for hydroxylation is 1. The number of aromatic nitrogens is 1. The first-order valence-electron chi connectivity index (χ1n) is 8.13. The summed E-state index contributed by atoms with van der Waals surface area (Å²) in [6.07, 6.45) is -0.776. The standard InChI is InChI=1S/C19H23N3O4/c1-13-10-15(17(23)26-19(2,3)4)21-16(11-13)22(20)18(24)25-12-14-8-6-5-7-9-14/h5-11H,12,20H2,1-4H3. The molecule has 0 bridgehead atoms. The van der Waals surface area contributed by atoms with E-state index in [1.165, 1.54) is 0 Å².